The molecule has 0 fully saturated rings. The Hall–Kier alpha value is -0.920. The molecule has 0 saturated heterocycles. The maximum atomic E-state index is 11.9. The van der Waals surface area contributed by atoms with Gasteiger partial charge in [-0.3, -0.25) is 4.68 Å². The lowest BCUT2D eigenvalue weighted by molar-refractivity contribution is 0.0554. The van der Waals surface area contributed by atoms with Gasteiger partial charge in [-0.15, -0.1) is 0 Å². The molecule has 1 atom stereocenters. The molecule has 0 aromatic carbocycles. The number of sulfonamides is 1. The highest BCUT2D eigenvalue weighted by Crippen LogP contribution is 2.12. The van der Waals surface area contributed by atoms with Gasteiger partial charge in [0.2, 0.25) is 0 Å². The van der Waals surface area contributed by atoms with Crippen molar-refractivity contribution in [3.05, 3.63) is 12.3 Å². The molecule has 1 heterocycles. The highest BCUT2D eigenvalue weighted by atomic mass is 32.2. The topological polar surface area (TPSA) is 84.2 Å². The van der Waals surface area contributed by atoms with E-state index in [9.17, 15) is 13.5 Å². The van der Waals surface area contributed by atoms with E-state index < -0.39 is 15.6 Å². The summed E-state index contributed by atoms with van der Waals surface area (Å²) >= 11 is 0. The Morgan fingerprint density at radius 3 is 2.71 bits per heavy atom. The maximum absolute atomic E-state index is 11.9. The summed E-state index contributed by atoms with van der Waals surface area (Å²) in [7, 11) is -2.05. The first-order valence-electron chi connectivity index (χ1n) is 5.48. The van der Waals surface area contributed by atoms with Gasteiger partial charge in [-0.25, -0.2) is 13.1 Å². The zero-order valence-corrected chi connectivity index (χ0v) is 11.2. The molecule has 1 aromatic heterocycles. The minimum absolute atomic E-state index is 0.00560. The normalized spacial score (nSPS) is 15.8. The molecule has 2 N–H and O–H groups in total. The lowest BCUT2D eigenvalue weighted by Gasteiger charge is -2.22. The number of nitrogens with one attached hydrogen (secondary N) is 1. The Balaban J connectivity index is 2.73. The predicted molar refractivity (Wildman–Crippen MR) is 63.9 cm³/mol. The van der Waals surface area contributed by atoms with Crippen molar-refractivity contribution in [2.75, 3.05) is 6.54 Å². The van der Waals surface area contributed by atoms with E-state index in [2.05, 4.69) is 9.82 Å². The summed E-state index contributed by atoms with van der Waals surface area (Å²) < 4.78 is 27.4. The lowest BCUT2D eigenvalue weighted by Crippen LogP contribution is -2.40. The van der Waals surface area contributed by atoms with Crippen molar-refractivity contribution >= 4 is 10.0 Å². The van der Waals surface area contributed by atoms with Crippen LogP contribution in [0.1, 0.15) is 26.7 Å². The molecule has 0 amide bonds. The van der Waals surface area contributed by atoms with Crippen LogP contribution in [0.25, 0.3) is 0 Å². The summed E-state index contributed by atoms with van der Waals surface area (Å²) in [5, 5.41) is 13.8. The molecular weight excluding hydrogens is 242 g/mol. The molecule has 1 aromatic rings. The zero-order chi connectivity index (χ0) is 13.1. The molecule has 6 nitrogen and oxygen atoms in total. The summed E-state index contributed by atoms with van der Waals surface area (Å²) in [4.78, 5) is 0. The Kier molecular flexibility index (Phi) is 4.29. The van der Waals surface area contributed by atoms with Crippen LogP contribution in [-0.4, -0.2) is 35.5 Å². The fourth-order valence-corrected chi connectivity index (χ4v) is 2.86. The lowest BCUT2D eigenvalue weighted by atomic mass is 10.0. The Bertz CT molecular complexity index is 465. The maximum Gasteiger partial charge on any atom is 0.257 e. The van der Waals surface area contributed by atoms with Gasteiger partial charge in [0.25, 0.3) is 10.0 Å². The average molecular weight is 261 g/mol. The number of hydrogen-bond acceptors (Lipinski definition) is 4. The van der Waals surface area contributed by atoms with Gasteiger partial charge in [0.05, 0.1) is 11.8 Å². The molecule has 1 unspecified atom stereocenters. The second kappa shape index (κ2) is 5.16. The fourth-order valence-electron chi connectivity index (χ4n) is 1.58. The van der Waals surface area contributed by atoms with E-state index >= 15 is 0 Å². The molecule has 0 bridgehead atoms. The van der Waals surface area contributed by atoms with Gasteiger partial charge in [-0.05, 0) is 19.4 Å². The number of nitrogens with zero attached hydrogens (tertiary/aromatic N) is 2. The summed E-state index contributed by atoms with van der Waals surface area (Å²) in [5.41, 5.74) is -1.03. The molecule has 17 heavy (non-hydrogen) atoms. The van der Waals surface area contributed by atoms with Gasteiger partial charge in [0, 0.05) is 13.6 Å². The van der Waals surface area contributed by atoms with E-state index in [0.717, 1.165) is 6.42 Å². The van der Waals surface area contributed by atoms with Gasteiger partial charge < -0.3 is 5.11 Å². The van der Waals surface area contributed by atoms with Crippen molar-refractivity contribution in [1.82, 2.24) is 14.5 Å². The third-order valence-corrected chi connectivity index (χ3v) is 3.96. The summed E-state index contributed by atoms with van der Waals surface area (Å²) in [5.74, 6) is 0. The fraction of sp³-hybridized carbons (Fsp3) is 0.700. The van der Waals surface area contributed by atoms with E-state index in [1.54, 1.807) is 14.0 Å². The molecule has 0 saturated carbocycles. The van der Waals surface area contributed by atoms with Gasteiger partial charge in [-0.1, -0.05) is 13.3 Å². The second-order valence-corrected chi connectivity index (χ2v) is 6.08. The van der Waals surface area contributed by atoms with Gasteiger partial charge >= 0.3 is 0 Å². The van der Waals surface area contributed by atoms with Crippen LogP contribution in [0, 0.1) is 0 Å². The smallest absolute Gasteiger partial charge is 0.257 e. The Labute approximate surface area is 102 Å². The van der Waals surface area contributed by atoms with Crippen LogP contribution in [0.3, 0.4) is 0 Å². The van der Waals surface area contributed by atoms with Crippen molar-refractivity contribution in [3.8, 4) is 0 Å². The highest BCUT2D eigenvalue weighted by Gasteiger charge is 2.24. The number of aromatic nitrogens is 2. The molecule has 0 aliphatic rings. The van der Waals surface area contributed by atoms with E-state index in [1.165, 1.54) is 16.9 Å². The summed E-state index contributed by atoms with van der Waals surface area (Å²) in [6.07, 6.45) is 2.75. The van der Waals surface area contributed by atoms with Crippen molar-refractivity contribution in [2.45, 2.75) is 37.3 Å². The van der Waals surface area contributed by atoms with Crippen LogP contribution in [0.2, 0.25) is 0 Å². The molecule has 0 radical (unpaired) electrons. The highest BCUT2D eigenvalue weighted by molar-refractivity contribution is 7.89. The first-order valence-corrected chi connectivity index (χ1v) is 6.97. The molecule has 0 spiro atoms. The quantitative estimate of drug-likeness (QED) is 0.769. The van der Waals surface area contributed by atoms with Gasteiger partial charge in [0.1, 0.15) is 0 Å². The number of aryl methyl sites for hydroxylation is 1. The van der Waals surface area contributed by atoms with Crippen LogP contribution >= 0.6 is 0 Å². The van der Waals surface area contributed by atoms with E-state index in [4.69, 9.17) is 0 Å². The Morgan fingerprint density at radius 1 is 1.59 bits per heavy atom. The van der Waals surface area contributed by atoms with Gasteiger partial charge in [0.15, 0.2) is 5.03 Å². The van der Waals surface area contributed by atoms with E-state index in [1.807, 2.05) is 6.92 Å². The van der Waals surface area contributed by atoms with Crippen LogP contribution in [0.5, 0.6) is 0 Å². The summed E-state index contributed by atoms with van der Waals surface area (Å²) in [6, 6.07) is 1.41. The molecule has 0 aliphatic heterocycles. The standard InChI is InChI=1S/C10H19N3O3S/c1-4-6-10(2,14)8-12-17(15,16)9-5-7-11-13(9)3/h5,7,12,14H,4,6,8H2,1-3H3. The van der Waals surface area contributed by atoms with E-state index in [0.29, 0.717) is 6.42 Å². The van der Waals surface area contributed by atoms with Crippen molar-refractivity contribution < 1.29 is 13.5 Å². The molecule has 1 rings (SSSR count). The zero-order valence-electron chi connectivity index (χ0n) is 10.3. The van der Waals surface area contributed by atoms with Crippen molar-refractivity contribution in [3.63, 3.8) is 0 Å². The van der Waals surface area contributed by atoms with Gasteiger partial charge in [-0.2, -0.15) is 5.10 Å². The molecule has 0 aliphatic carbocycles. The van der Waals surface area contributed by atoms with E-state index in [-0.39, 0.29) is 11.6 Å². The molecule has 7 heteroatoms. The number of hydrogen-bond donors (Lipinski definition) is 2. The minimum Gasteiger partial charge on any atom is -0.389 e. The van der Waals surface area contributed by atoms with Crippen LogP contribution < -0.4 is 4.72 Å². The summed E-state index contributed by atoms with van der Waals surface area (Å²) in [6.45, 7) is 3.54. The second-order valence-electron chi connectivity index (χ2n) is 4.36. The third kappa shape index (κ3) is 3.79. The number of rotatable bonds is 6. The van der Waals surface area contributed by atoms with Crippen molar-refractivity contribution in [1.29, 1.82) is 0 Å². The van der Waals surface area contributed by atoms with Crippen molar-refractivity contribution in [2.24, 2.45) is 7.05 Å². The molecular formula is C10H19N3O3S. The van der Waals surface area contributed by atoms with Crippen LogP contribution in [-0.2, 0) is 17.1 Å². The monoisotopic (exact) mass is 261 g/mol. The average Bonchev–Trinajstić information content (AvgIpc) is 2.63. The predicted octanol–water partition coefficient (Wildman–Crippen LogP) is 0.250. The third-order valence-electron chi connectivity index (χ3n) is 2.48. The largest absolute Gasteiger partial charge is 0.389 e. The number of aliphatic hydroxyl groups is 1. The Morgan fingerprint density at radius 2 is 2.24 bits per heavy atom. The SMILES string of the molecule is CCCC(C)(O)CNS(=O)(=O)c1ccnn1C. The van der Waals surface area contributed by atoms with Crippen LogP contribution in [0.15, 0.2) is 17.3 Å². The first-order chi connectivity index (χ1) is 7.78. The van der Waals surface area contributed by atoms with Crippen LogP contribution in [0.4, 0.5) is 0 Å². The minimum atomic E-state index is -3.61. The molecule has 98 valence electrons. The first kappa shape index (κ1) is 14.1.